The molecule has 0 spiro atoms. The molecule has 1 amide bonds. The van der Waals surface area contributed by atoms with Crippen molar-refractivity contribution < 1.29 is 4.79 Å². The van der Waals surface area contributed by atoms with Gasteiger partial charge in [-0.05, 0) is 36.8 Å². The van der Waals surface area contributed by atoms with Crippen LogP contribution in [0.1, 0.15) is 43.4 Å². The smallest absolute Gasteiger partial charge is 0.272 e. The van der Waals surface area contributed by atoms with Crippen LogP contribution < -0.4 is 0 Å². The molecule has 0 N–H and O–H groups in total. The molecular weight excluding hydrogens is 262 g/mol. The Morgan fingerprint density at radius 2 is 2.00 bits per heavy atom. The lowest BCUT2D eigenvalue weighted by molar-refractivity contribution is 0.0615. The van der Waals surface area contributed by atoms with Crippen LogP contribution in [0.4, 0.5) is 0 Å². The van der Waals surface area contributed by atoms with Gasteiger partial charge in [0.05, 0.1) is 5.69 Å². The number of carbonyl (C=O) groups excluding carboxylic acids is 1. The lowest BCUT2D eigenvalue weighted by Gasteiger charge is -2.35. The number of hydrogen-bond donors (Lipinski definition) is 0. The van der Waals surface area contributed by atoms with Crippen LogP contribution in [0.3, 0.4) is 0 Å². The molecule has 3 rings (SSSR count). The van der Waals surface area contributed by atoms with Crippen molar-refractivity contribution in [3.8, 4) is 0 Å². The Hall–Kier alpha value is -1.84. The zero-order valence-electron chi connectivity index (χ0n) is 13.0. The monoisotopic (exact) mass is 285 g/mol. The fourth-order valence-electron chi connectivity index (χ4n) is 3.50. The van der Waals surface area contributed by atoms with Crippen LogP contribution in [0.15, 0.2) is 24.4 Å². The molecule has 1 aliphatic rings. The molecule has 3 heterocycles. The number of pyridine rings is 1. The summed E-state index contributed by atoms with van der Waals surface area (Å²) >= 11 is 0. The van der Waals surface area contributed by atoms with Crippen LogP contribution in [-0.4, -0.2) is 33.3 Å². The molecule has 4 heteroatoms. The minimum absolute atomic E-state index is 0.129. The topological polar surface area (TPSA) is 37.6 Å². The number of rotatable bonds is 2. The molecule has 1 aliphatic heterocycles. The van der Waals surface area contributed by atoms with E-state index in [0.717, 1.165) is 36.5 Å². The van der Waals surface area contributed by atoms with Crippen molar-refractivity contribution in [2.24, 2.45) is 11.8 Å². The van der Waals surface area contributed by atoms with Gasteiger partial charge in [-0.1, -0.05) is 26.8 Å². The van der Waals surface area contributed by atoms with Crippen LogP contribution in [0.25, 0.3) is 5.65 Å². The molecule has 2 unspecified atom stereocenters. The first-order chi connectivity index (χ1) is 10.1. The largest absolute Gasteiger partial charge is 0.337 e. The van der Waals surface area contributed by atoms with Crippen LogP contribution in [0.5, 0.6) is 0 Å². The molecule has 1 fully saturated rings. The fourth-order valence-corrected chi connectivity index (χ4v) is 3.50. The highest BCUT2D eigenvalue weighted by Crippen LogP contribution is 2.24. The standard InChI is InChI=1S/C17H23N3O/c1-4-14-16(20-8-6-5-7-15(20)18-14)17(21)19-10-12(2)9-13(3)11-19/h5-8,12-13H,4,9-11H2,1-3H3. The third kappa shape index (κ3) is 2.55. The number of amides is 1. The first-order valence-corrected chi connectivity index (χ1v) is 7.85. The highest BCUT2D eigenvalue weighted by Gasteiger charge is 2.29. The third-order valence-electron chi connectivity index (χ3n) is 4.30. The van der Waals surface area contributed by atoms with E-state index >= 15 is 0 Å². The van der Waals surface area contributed by atoms with Gasteiger partial charge in [-0.3, -0.25) is 9.20 Å². The molecule has 112 valence electrons. The van der Waals surface area contributed by atoms with Crippen molar-refractivity contribution in [2.75, 3.05) is 13.1 Å². The number of piperidine rings is 1. The average Bonchev–Trinajstić information content (AvgIpc) is 2.83. The van der Waals surface area contributed by atoms with E-state index in [2.05, 4.69) is 25.8 Å². The second-order valence-corrected chi connectivity index (χ2v) is 6.35. The van der Waals surface area contributed by atoms with Gasteiger partial charge in [-0.2, -0.15) is 0 Å². The van der Waals surface area contributed by atoms with E-state index in [-0.39, 0.29) is 5.91 Å². The average molecular weight is 285 g/mol. The Labute approximate surface area is 125 Å². The number of carbonyl (C=O) groups is 1. The number of hydrogen-bond acceptors (Lipinski definition) is 2. The lowest BCUT2D eigenvalue weighted by atomic mass is 9.91. The number of likely N-dealkylation sites (tertiary alicyclic amines) is 1. The van der Waals surface area contributed by atoms with Crippen LogP contribution in [0.2, 0.25) is 0 Å². The highest BCUT2D eigenvalue weighted by molar-refractivity contribution is 5.94. The zero-order chi connectivity index (χ0) is 15.0. The number of imidazole rings is 1. The van der Waals surface area contributed by atoms with Gasteiger partial charge >= 0.3 is 0 Å². The van der Waals surface area contributed by atoms with E-state index in [0.29, 0.717) is 11.8 Å². The summed E-state index contributed by atoms with van der Waals surface area (Å²) in [5.74, 6) is 1.27. The molecule has 0 radical (unpaired) electrons. The maximum absolute atomic E-state index is 13.0. The van der Waals surface area contributed by atoms with E-state index in [4.69, 9.17) is 0 Å². The van der Waals surface area contributed by atoms with Crippen molar-refractivity contribution in [1.29, 1.82) is 0 Å². The van der Waals surface area contributed by atoms with E-state index in [1.807, 2.05) is 33.7 Å². The highest BCUT2D eigenvalue weighted by atomic mass is 16.2. The van der Waals surface area contributed by atoms with E-state index in [9.17, 15) is 4.79 Å². The molecule has 4 nitrogen and oxygen atoms in total. The first-order valence-electron chi connectivity index (χ1n) is 7.85. The van der Waals surface area contributed by atoms with E-state index < -0.39 is 0 Å². The molecule has 2 atom stereocenters. The third-order valence-corrected chi connectivity index (χ3v) is 4.30. The Morgan fingerprint density at radius 3 is 2.67 bits per heavy atom. The Bertz CT molecular complexity index is 651. The molecule has 0 saturated carbocycles. The number of aryl methyl sites for hydroxylation is 1. The summed E-state index contributed by atoms with van der Waals surface area (Å²) in [6.07, 6.45) is 3.92. The van der Waals surface area contributed by atoms with Crippen LogP contribution in [0, 0.1) is 11.8 Å². The number of nitrogens with zero attached hydrogens (tertiary/aromatic N) is 3. The van der Waals surface area contributed by atoms with Crippen molar-refractivity contribution in [3.63, 3.8) is 0 Å². The molecule has 2 aromatic heterocycles. The summed E-state index contributed by atoms with van der Waals surface area (Å²) in [4.78, 5) is 19.6. The lowest BCUT2D eigenvalue weighted by Crippen LogP contribution is -2.43. The number of fused-ring (bicyclic) bond motifs is 1. The molecule has 1 saturated heterocycles. The van der Waals surface area contributed by atoms with Gasteiger partial charge in [-0.15, -0.1) is 0 Å². The predicted octanol–water partition coefficient (Wildman–Crippen LogP) is 3.01. The van der Waals surface area contributed by atoms with E-state index in [1.54, 1.807) is 0 Å². The van der Waals surface area contributed by atoms with Gasteiger partial charge in [0.1, 0.15) is 11.3 Å². The first kappa shape index (κ1) is 14.1. The quantitative estimate of drug-likeness (QED) is 0.850. The van der Waals surface area contributed by atoms with E-state index in [1.165, 1.54) is 6.42 Å². The minimum atomic E-state index is 0.129. The molecule has 0 aromatic carbocycles. The maximum Gasteiger partial charge on any atom is 0.272 e. The van der Waals surface area contributed by atoms with Gasteiger partial charge in [0.25, 0.3) is 5.91 Å². The van der Waals surface area contributed by atoms with Crippen molar-refractivity contribution in [3.05, 3.63) is 35.8 Å². The van der Waals surface area contributed by atoms with Crippen LogP contribution in [-0.2, 0) is 6.42 Å². The SMILES string of the molecule is CCc1nc2ccccn2c1C(=O)N1CC(C)CC(C)C1. The summed E-state index contributed by atoms with van der Waals surface area (Å²) in [6.45, 7) is 8.22. The van der Waals surface area contributed by atoms with Crippen molar-refractivity contribution in [2.45, 2.75) is 33.6 Å². The summed E-state index contributed by atoms with van der Waals surface area (Å²) in [7, 11) is 0. The zero-order valence-corrected chi connectivity index (χ0v) is 13.0. The summed E-state index contributed by atoms with van der Waals surface area (Å²) < 4.78 is 1.94. The number of aromatic nitrogens is 2. The normalized spacial score (nSPS) is 22.7. The van der Waals surface area contributed by atoms with Crippen LogP contribution >= 0.6 is 0 Å². The Balaban J connectivity index is 2.01. The molecule has 21 heavy (non-hydrogen) atoms. The fraction of sp³-hybridized carbons (Fsp3) is 0.529. The van der Waals surface area contributed by atoms with Gasteiger partial charge in [-0.25, -0.2) is 4.98 Å². The summed E-state index contributed by atoms with van der Waals surface area (Å²) in [5, 5.41) is 0. The summed E-state index contributed by atoms with van der Waals surface area (Å²) in [6, 6.07) is 5.87. The molecule has 0 aliphatic carbocycles. The van der Waals surface area contributed by atoms with Gasteiger partial charge in [0, 0.05) is 19.3 Å². The predicted molar refractivity (Wildman–Crippen MR) is 83.4 cm³/mol. The van der Waals surface area contributed by atoms with Crippen molar-refractivity contribution in [1.82, 2.24) is 14.3 Å². The second-order valence-electron chi connectivity index (χ2n) is 6.35. The Morgan fingerprint density at radius 1 is 1.29 bits per heavy atom. The molecule has 2 aromatic rings. The molecular formula is C17H23N3O. The summed E-state index contributed by atoms with van der Waals surface area (Å²) in [5.41, 5.74) is 2.50. The maximum atomic E-state index is 13.0. The Kier molecular flexibility index (Phi) is 3.70. The van der Waals surface area contributed by atoms with Gasteiger partial charge in [0.15, 0.2) is 0 Å². The van der Waals surface area contributed by atoms with Gasteiger partial charge in [0.2, 0.25) is 0 Å². The van der Waals surface area contributed by atoms with Crippen molar-refractivity contribution >= 4 is 11.6 Å². The molecule has 0 bridgehead atoms. The minimum Gasteiger partial charge on any atom is -0.337 e. The second kappa shape index (κ2) is 5.51. The van der Waals surface area contributed by atoms with Gasteiger partial charge < -0.3 is 4.90 Å².